The van der Waals surface area contributed by atoms with E-state index >= 15 is 0 Å². The third-order valence-electron chi connectivity index (χ3n) is 6.31. The number of benzene rings is 2. The molecule has 1 aliphatic heterocycles. The summed E-state index contributed by atoms with van der Waals surface area (Å²) >= 11 is 3.13. The fourth-order valence-electron chi connectivity index (χ4n) is 4.12. The SMILES string of the molecule is CCN(CC)CCN(C(=O)c1ccc(S(=O)(=O)N2CCOCC2)cc1)c1nc2c(SC)cccc2s1.Cl. The Morgan fingerprint density at radius 3 is 2.38 bits per heavy atom. The van der Waals surface area contributed by atoms with Crippen molar-refractivity contribution in [3.8, 4) is 0 Å². The molecule has 12 heteroatoms. The van der Waals surface area contributed by atoms with Gasteiger partial charge in [0, 0.05) is 36.6 Å². The zero-order chi connectivity index (χ0) is 25.7. The maximum absolute atomic E-state index is 13.7. The lowest BCUT2D eigenvalue weighted by Gasteiger charge is -2.26. The molecule has 0 spiro atoms. The topological polar surface area (TPSA) is 83.1 Å². The quantitative estimate of drug-likeness (QED) is 0.326. The number of morpholine rings is 1. The summed E-state index contributed by atoms with van der Waals surface area (Å²) in [5.41, 5.74) is 1.33. The van der Waals surface area contributed by atoms with Crippen LogP contribution in [0.4, 0.5) is 5.13 Å². The molecule has 0 aliphatic carbocycles. The van der Waals surface area contributed by atoms with Gasteiger partial charge in [-0.05, 0) is 55.7 Å². The average Bonchev–Trinajstić information content (AvgIpc) is 3.35. The number of thioether (sulfide) groups is 1. The number of aromatic nitrogens is 1. The van der Waals surface area contributed by atoms with Crippen LogP contribution in [-0.2, 0) is 14.8 Å². The summed E-state index contributed by atoms with van der Waals surface area (Å²) in [4.78, 5) is 23.8. The third-order valence-corrected chi connectivity index (χ3v) is 10.0. The number of ether oxygens (including phenoxy) is 1. The van der Waals surface area contributed by atoms with Gasteiger partial charge in [-0.25, -0.2) is 13.4 Å². The maximum atomic E-state index is 13.7. The van der Waals surface area contributed by atoms with E-state index < -0.39 is 10.0 Å². The summed E-state index contributed by atoms with van der Waals surface area (Å²) in [6.07, 6.45) is 2.02. The van der Waals surface area contributed by atoms with Crippen molar-refractivity contribution in [3.05, 3.63) is 48.0 Å². The van der Waals surface area contributed by atoms with E-state index in [0.29, 0.717) is 50.1 Å². The van der Waals surface area contributed by atoms with E-state index in [1.165, 1.54) is 27.8 Å². The van der Waals surface area contributed by atoms with Gasteiger partial charge in [-0.2, -0.15) is 4.31 Å². The number of likely N-dealkylation sites (N-methyl/N-ethyl adjacent to an activating group) is 1. The number of halogens is 1. The van der Waals surface area contributed by atoms with Crippen molar-refractivity contribution in [2.75, 3.05) is 63.6 Å². The molecule has 0 atom stereocenters. The van der Waals surface area contributed by atoms with E-state index in [4.69, 9.17) is 9.72 Å². The van der Waals surface area contributed by atoms with Crippen molar-refractivity contribution in [2.45, 2.75) is 23.6 Å². The molecule has 202 valence electrons. The predicted molar refractivity (Wildman–Crippen MR) is 154 cm³/mol. The minimum absolute atomic E-state index is 0. The van der Waals surface area contributed by atoms with Crippen molar-refractivity contribution >= 4 is 66.8 Å². The highest BCUT2D eigenvalue weighted by atomic mass is 35.5. The lowest BCUT2D eigenvalue weighted by molar-refractivity contribution is 0.0730. The fraction of sp³-hybridized carbons (Fsp3) is 0.440. The van der Waals surface area contributed by atoms with Gasteiger partial charge in [-0.15, -0.1) is 24.2 Å². The normalized spacial score (nSPS) is 14.6. The first kappa shape index (κ1) is 29.8. The van der Waals surface area contributed by atoms with Crippen molar-refractivity contribution in [1.82, 2.24) is 14.2 Å². The number of hydrogen-bond acceptors (Lipinski definition) is 8. The Morgan fingerprint density at radius 1 is 1.08 bits per heavy atom. The third kappa shape index (κ3) is 6.65. The van der Waals surface area contributed by atoms with Gasteiger partial charge in [0.15, 0.2) is 5.13 Å². The van der Waals surface area contributed by atoms with Gasteiger partial charge < -0.3 is 9.64 Å². The molecule has 2 aromatic carbocycles. The number of fused-ring (bicyclic) bond motifs is 1. The Hall–Kier alpha value is -1.73. The van der Waals surface area contributed by atoms with Gasteiger partial charge >= 0.3 is 0 Å². The summed E-state index contributed by atoms with van der Waals surface area (Å²) < 4.78 is 33.7. The summed E-state index contributed by atoms with van der Waals surface area (Å²) in [5, 5.41) is 0.647. The standard InChI is InChI=1S/C25H32N4O4S3.ClH/c1-4-27(5-2)13-14-29(25-26-23-21(34-3)7-6-8-22(23)35-25)24(30)19-9-11-20(12-10-19)36(31,32)28-15-17-33-18-16-28;/h6-12H,4-5,13-18H2,1-3H3;1H. The first-order chi connectivity index (χ1) is 17.4. The Bertz CT molecular complexity index is 1290. The molecule has 0 saturated carbocycles. The molecule has 0 radical (unpaired) electrons. The smallest absolute Gasteiger partial charge is 0.260 e. The number of carbonyl (C=O) groups is 1. The van der Waals surface area contributed by atoms with Crippen LogP contribution in [0, 0.1) is 0 Å². The van der Waals surface area contributed by atoms with Gasteiger partial charge in [-0.1, -0.05) is 31.3 Å². The van der Waals surface area contributed by atoms with Crippen LogP contribution < -0.4 is 4.90 Å². The van der Waals surface area contributed by atoms with Crippen molar-refractivity contribution in [1.29, 1.82) is 0 Å². The van der Waals surface area contributed by atoms with Crippen LogP contribution in [0.15, 0.2) is 52.3 Å². The van der Waals surface area contributed by atoms with Crippen LogP contribution >= 0.6 is 35.5 Å². The molecule has 4 rings (SSSR count). The molecule has 0 bridgehead atoms. The highest BCUT2D eigenvalue weighted by Crippen LogP contribution is 2.34. The number of thiazole rings is 1. The molecule has 0 N–H and O–H groups in total. The number of nitrogens with zero attached hydrogens (tertiary/aromatic N) is 4. The maximum Gasteiger partial charge on any atom is 0.260 e. The monoisotopic (exact) mass is 584 g/mol. The van der Waals surface area contributed by atoms with Gasteiger partial charge in [-0.3, -0.25) is 9.69 Å². The highest BCUT2D eigenvalue weighted by molar-refractivity contribution is 7.98. The number of para-hydroxylation sites is 1. The Kier molecular flexibility index (Phi) is 10.8. The second-order valence-electron chi connectivity index (χ2n) is 8.33. The first-order valence-electron chi connectivity index (χ1n) is 12.0. The van der Waals surface area contributed by atoms with Gasteiger partial charge in [0.25, 0.3) is 5.91 Å². The molecular weight excluding hydrogens is 552 g/mol. The van der Waals surface area contributed by atoms with Crippen LogP contribution in [0.5, 0.6) is 0 Å². The Labute approximate surface area is 233 Å². The summed E-state index contributed by atoms with van der Waals surface area (Å²) in [5.74, 6) is -0.192. The molecule has 1 aliphatic rings. The summed E-state index contributed by atoms with van der Waals surface area (Å²) in [6, 6.07) is 12.3. The van der Waals surface area contributed by atoms with E-state index in [9.17, 15) is 13.2 Å². The fourth-order valence-corrected chi connectivity index (χ4v) is 7.17. The Balaban J connectivity index is 0.00000380. The number of sulfonamides is 1. The Morgan fingerprint density at radius 2 is 1.76 bits per heavy atom. The minimum atomic E-state index is -3.62. The molecule has 1 aromatic heterocycles. The van der Waals surface area contributed by atoms with Crippen LogP contribution in [0.1, 0.15) is 24.2 Å². The zero-order valence-corrected chi connectivity index (χ0v) is 24.5. The largest absolute Gasteiger partial charge is 0.379 e. The van der Waals surface area contributed by atoms with E-state index in [-0.39, 0.29) is 23.2 Å². The molecule has 3 aromatic rings. The first-order valence-corrected chi connectivity index (χ1v) is 15.5. The molecule has 1 amide bonds. The molecule has 1 saturated heterocycles. The van der Waals surface area contributed by atoms with E-state index in [1.54, 1.807) is 28.8 Å². The van der Waals surface area contributed by atoms with E-state index in [1.807, 2.05) is 24.5 Å². The summed E-state index contributed by atoms with van der Waals surface area (Å²) in [7, 11) is -3.62. The average molecular weight is 585 g/mol. The molecule has 37 heavy (non-hydrogen) atoms. The second-order valence-corrected chi connectivity index (χ2v) is 12.1. The molecular formula is C25H33ClN4O4S3. The minimum Gasteiger partial charge on any atom is -0.379 e. The summed E-state index contributed by atoms with van der Waals surface area (Å²) in [6.45, 7) is 8.63. The molecule has 2 heterocycles. The van der Waals surface area contributed by atoms with Crippen LogP contribution in [0.2, 0.25) is 0 Å². The zero-order valence-electron chi connectivity index (χ0n) is 21.3. The highest BCUT2D eigenvalue weighted by Gasteiger charge is 2.27. The number of hydrogen-bond donors (Lipinski definition) is 0. The molecule has 0 unspecified atom stereocenters. The van der Waals surface area contributed by atoms with Crippen LogP contribution in [-0.4, -0.2) is 87.3 Å². The van der Waals surface area contributed by atoms with Crippen LogP contribution in [0.25, 0.3) is 10.2 Å². The second kappa shape index (κ2) is 13.4. The number of rotatable bonds is 10. The number of amides is 1. The number of carbonyl (C=O) groups excluding carboxylic acids is 1. The lowest BCUT2D eigenvalue weighted by Crippen LogP contribution is -2.40. The van der Waals surface area contributed by atoms with E-state index in [2.05, 4.69) is 18.7 Å². The lowest BCUT2D eigenvalue weighted by atomic mass is 10.2. The van der Waals surface area contributed by atoms with Crippen molar-refractivity contribution in [3.63, 3.8) is 0 Å². The predicted octanol–water partition coefficient (Wildman–Crippen LogP) is 4.45. The van der Waals surface area contributed by atoms with Gasteiger partial charge in [0.05, 0.1) is 28.3 Å². The van der Waals surface area contributed by atoms with Gasteiger partial charge in [0.1, 0.15) is 0 Å². The molecule has 1 fully saturated rings. The van der Waals surface area contributed by atoms with Crippen molar-refractivity contribution in [2.24, 2.45) is 0 Å². The van der Waals surface area contributed by atoms with Gasteiger partial charge in [0.2, 0.25) is 10.0 Å². The molecule has 8 nitrogen and oxygen atoms in total. The van der Waals surface area contributed by atoms with Crippen molar-refractivity contribution < 1.29 is 17.9 Å². The van der Waals surface area contributed by atoms with Crippen LogP contribution in [0.3, 0.4) is 0 Å². The number of anilines is 1. The van der Waals surface area contributed by atoms with E-state index in [0.717, 1.165) is 28.2 Å².